The second-order valence-electron chi connectivity index (χ2n) is 4.69. The molecule has 0 spiro atoms. The molecular formula is C15H22N2O2. The first kappa shape index (κ1) is 15.4. The Hall–Kier alpha value is -1.68. The maximum absolute atomic E-state index is 11.9. The van der Waals surface area contributed by atoms with E-state index < -0.39 is 12.1 Å². The maximum atomic E-state index is 11.9. The minimum absolute atomic E-state index is 0.267. The fourth-order valence-electron chi connectivity index (χ4n) is 1.85. The van der Waals surface area contributed by atoms with Crippen LogP contribution in [0.1, 0.15) is 31.7 Å². The number of carbonyl (C=O) groups is 2. The van der Waals surface area contributed by atoms with Crippen LogP contribution in [-0.2, 0) is 16.0 Å². The SMILES string of the molecule is CCCC[C@@H](C=O)NC(=O)[C@@H](N)Cc1ccccc1. The Morgan fingerprint density at radius 1 is 1.37 bits per heavy atom. The van der Waals surface area contributed by atoms with Crippen molar-refractivity contribution in [2.45, 2.75) is 44.7 Å². The predicted molar refractivity (Wildman–Crippen MR) is 75.6 cm³/mol. The molecular weight excluding hydrogens is 240 g/mol. The van der Waals surface area contributed by atoms with E-state index in [1.54, 1.807) is 0 Å². The summed E-state index contributed by atoms with van der Waals surface area (Å²) in [6.07, 6.45) is 3.84. The van der Waals surface area contributed by atoms with E-state index in [0.717, 1.165) is 24.7 Å². The molecule has 1 rings (SSSR count). The third-order valence-electron chi connectivity index (χ3n) is 3.00. The van der Waals surface area contributed by atoms with Gasteiger partial charge in [-0.3, -0.25) is 4.79 Å². The van der Waals surface area contributed by atoms with Gasteiger partial charge in [-0.2, -0.15) is 0 Å². The topological polar surface area (TPSA) is 72.2 Å². The van der Waals surface area contributed by atoms with Gasteiger partial charge in [-0.1, -0.05) is 50.1 Å². The highest BCUT2D eigenvalue weighted by Crippen LogP contribution is 2.03. The van der Waals surface area contributed by atoms with E-state index >= 15 is 0 Å². The summed E-state index contributed by atoms with van der Waals surface area (Å²) in [5.74, 6) is -0.267. The van der Waals surface area contributed by atoms with Gasteiger partial charge in [0.15, 0.2) is 0 Å². The number of hydrogen-bond donors (Lipinski definition) is 2. The van der Waals surface area contributed by atoms with Gasteiger partial charge in [-0.15, -0.1) is 0 Å². The highest BCUT2D eigenvalue weighted by atomic mass is 16.2. The summed E-state index contributed by atoms with van der Waals surface area (Å²) in [6, 6.07) is 8.57. The Labute approximate surface area is 114 Å². The van der Waals surface area contributed by atoms with Crippen LogP contribution in [0.3, 0.4) is 0 Å². The molecule has 0 aromatic heterocycles. The zero-order chi connectivity index (χ0) is 14.1. The van der Waals surface area contributed by atoms with Crippen LogP contribution in [0.15, 0.2) is 30.3 Å². The largest absolute Gasteiger partial charge is 0.345 e. The molecule has 0 heterocycles. The zero-order valence-electron chi connectivity index (χ0n) is 11.3. The minimum atomic E-state index is -0.619. The van der Waals surface area contributed by atoms with E-state index in [2.05, 4.69) is 5.32 Å². The molecule has 0 fully saturated rings. The second-order valence-corrected chi connectivity index (χ2v) is 4.69. The van der Waals surface area contributed by atoms with Crippen molar-refractivity contribution in [3.8, 4) is 0 Å². The van der Waals surface area contributed by atoms with Gasteiger partial charge in [0.05, 0.1) is 12.1 Å². The molecule has 19 heavy (non-hydrogen) atoms. The molecule has 104 valence electrons. The molecule has 0 unspecified atom stereocenters. The average Bonchev–Trinajstić information content (AvgIpc) is 2.44. The zero-order valence-corrected chi connectivity index (χ0v) is 11.3. The fraction of sp³-hybridized carbons (Fsp3) is 0.467. The molecule has 3 N–H and O–H groups in total. The van der Waals surface area contributed by atoms with Crippen LogP contribution >= 0.6 is 0 Å². The molecule has 1 amide bonds. The summed E-state index contributed by atoms with van der Waals surface area (Å²) < 4.78 is 0. The van der Waals surface area contributed by atoms with Crippen LogP contribution in [0.5, 0.6) is 0 Å². The molecule has 4 nitrogen and oxygen atoms in total. The number of carbonyl (C=O) groups excluding carboxylic acids is 2. The summed E-state index contributed by atoms with van der Waals surface area (Å²) in [5, 5.41) is 2.69. The monoisotopic (exact) mass is 262 g/mol. The summed E-state index contributed by atoms with van der Waals surface area (Å²) in [7, 11) is 0. The molecule has 0 aliphatic carbocycles. The molecule has 0 aliphatic heterocycles. The van der Waals surface area contributed by atoms with Crippen molar-refractivity contribution in [3.05, 3.63) is 35.9 Å². The van der Waals surface area contributed by atoms with E-state index in [1.807, 2.05) is 37.3 Å². The van der Waals surface area contributed by atoms with E-state index in [0.29, 0.717) is 12.8 Å². The number of nitrogens with one attached hydrogen (secondary N) is 1. The van der Waals surface area contributed by atoms with Crippen molar-refractivity contribution in [1.82, 2.24) is 5.32 Å². The van der Waals surface area contributed by atoms with Crippen molar-refractivity contribution in [2.24, 2.45) is 5.73 Å². The number of rotatable bonds is 8. The molecule has 2 atom stereocenters. The van der Waals surface area contributed by atoms with Gasteiger partial charge in [-0.05, 0) is 18.4 Å². The van der Waals surface area contributed by atoms with Gasteiger partial charge in [0.1, 0.15) is 6.29 Å². The lowest BCUT2D eigenvalue weighted by Crippen LogP contribution is -2.47. The molecule has 1 aromatic rings. The van der Waals surface area contributed by atoms with Gasteiger partial charge in [0.2, 0.25) is 5.91 Å². The number of amides is 1. The number of hydrogen-bond acceptors (Lipinski definition) is 3. The van der Waals surface area contributed by atoms with Crippen LogP contribution in [0.4, 0.5) is 0 Å². The minimum Gasteiger partial charge on any atom is -0.345 e. The molecule has 0 radical (unpaired) electrons. The molecule has 0 saturated carbocycles. The highest BCUT2D eigenvalue weighted by molar-refractivity contribution is 5.84. The Kier molecular flexibility index (Phi) is 6.82. The standard InChI is InChI=1S/C15H22N2O2/c1-2-3-9-13(11-18)17-15(19)14(16)10-12-7-5-4-6-8-12/h4-8,11,13-14H,2-3,9-10,16H2,1H3,(H,17,19)/t13-,14-/m0/s1. The number of nitrogens with two attached hydrogens (primary N) is 1. The molecule has 0 bridgehead atoms. The summed E-state index contributed by atoms with van der Waals surface area (Å²) in [5.41, 5.74) is 6.87. The lowest BCUT2D eigenvalue weighted by Gasteiger charge is -2.16. The lowest BCUT2D eigenvalue weighted by atomic mass is 10.1. The summed E-state index contributed by atoms with van der Waals surface area (Å²) in [4.78, 5) is 22.8. The van der Waals surface area contributed by atoms with Gasteiger partial charge in [-0.25, -0.2) is 0 Å². The van der Waals surface area contributed by atoms with Gasteiger partial charge < -0.3 is 15.8 Å². The third-order valence-corrected chi connectivity index (χ3v) is 3.00. The Morgan fingerprint density at radius 3 is 2.63 bits per heavy atom. The second kappa shape index (κ2) is 8.43. The van der Waals surface area contributed by atoms with Crippen molar-refractivity contribution in [1.29, 1.82) is 0 Å². The van der Waals surface area contributed by atoms with E-state index in [9.17, 15) is 9.59 Å². The normalized spacial score (nSPS) is 13.6. The number of unbranched alkanes of at least 4 members (excludes halogenated alkanes) is 1. The van der Waals surface area contributed by atoms with Crippen LogP contribution in [0.25, 0.3) is 0 Å². The predicted octanol–water partition coefficient (Wildman–Crippen LogP) is 1.43. The molecule has 1 aromatic carbocycles. The quantitative estimate of drug-likeness (QED) is 0.696. The smallest absolute Gasteiger partial charge is 0.237 e. The third kappa shape index (κ3) is 5.66. The van der Waals surface area contributed by atoms with E-state index in [4.69, 9.17) is 5.73 Å². The Morgan fingerprint density at radius 2 is 2.05 bits per heavy atom. The molecule has 0 aliphatic rings. The van der Waals surface area contributed by atoms with Crippen LogP contribution < -0.4 is 11.1 Å². The van der Waals surface area contributed by atoms with Crippen LogP contribution in [-0.4, -0.2) is 24.3 Å². The molecule has 4 heteroatoms. The van der Waals surface area contributed by atoms with Gasteiger partial charge in [0, 0.05) is 0 Å². The van der Waals surface area contributed by atoms with Crippen LogP contribution in [0.2, 0.25) is 0 Å². The van der Waals surface area contributed by atoms with Gasteiger partial charge >= 0.3 is 0 Å². The average molecular weight is 262 g/mol. The lowest BCUT2D eigenvalue weighted by molar-refractivity contribution is -0.125. The van der Waals surface area contributed by atoms with Crippen LogP contribution in [0, 0.1) is 0 Å². The summed E-state index contributed by atoms with van der Waals surface area (Å²) in [6.45, 7) is 2.05. The van der Waals surface area contributed by atoms with Crippen molar-refractivity contribution < 1.29 is 9.59 Å². The van der Waals surface area contributed by atoms with Crippen molar-refractivity contribution in [3.63, 3.8) is 0 Å². The van der Waals surface area contributed by atoms with E-state index in [1.165, 1.54) is 0 Å². The first-order valence-corrected chi connectivity index (χ1v) is 6.72. The van der Waals surface area contributed by atoms with Crippen molar-refractivity contribution in [2.75, 3.05) is 0 Å². The van der Waals surface area contributed by atoms with E-state index in [-0.39, 0.29) is 5.91 Å². The Bertz CT molecular complexity index is 392. The maximum Gasteiger partial charge on any atom is 0.237 e. The molecule has 0 saturated heterocycles. The Balaban J connectivity index is 2.45. The van der Waals surface area contributed by atoms with Crippen molar-refractivity contribution >= 4 is 12.2 Å². The first-order valence-electron chi connectivity index (χ1n) is 6.72. The van der Waals surface area contributed by atoms with Gasteiger partial charge in [0.25, 0.3) is 0 Å². The number of benzene rings is 1. The number of aldehydes is 1. The highest BCUT2D eigenvalue weighted by Gasteiger charge is 2.17. The first-order chi connectivity index (χ1) is 9.17. The fourth-order valence-corrected chi connectivity index (χ4v) is 1.85. The summed E-state index contributed by atoms with van der Waals surface area (Å²) >= 11 is 0.